The van der Waals surface area contributed by atoms with Gasteiger partial charge in [-0.3, -0.25) is 14.4 Å². The predicted octanol–water partition coefficient (Wildman–Crippen LogP) is 4.81. The number of methoxy groups -OCH3 is 1. The van der Waals surface area contributed by atoms with E-state index >= 15 is 0 Å². The van der Waals surface area contributed by atoms with Gasteiger partial charge >= 0.3 is 23.9 Å². The van der Waals surface area contributed by atoms with Crippen molar-refractivity contribution in [2.45, 2.75) is 184 Å². The fourth-order valence-electron chi connectivity index (χ4n) is 8.08. The number of aliphatic hydroxyl groups is 3. The van der Waals surface area contributed by atoms with Crippen molar-refractivity contribution in [1.29, 1.82) is 0 Å². The van der Waals surface area contributed by atoms with Crippen molar-refractivity contribution in [1.82, 2.24) is 0 Å². The number of carbonyl (C=O) groups is 4. The second kappa shape index (κ2) is 23.0. The molecule has 4 aliphatic rings. The van der Waals surface area contributed by atoms with Crippen molar-refractivity contribution < 1.29 is 72.4 Å². The normalized spacial score (nSPS) is 34.5. The molecule has 0 aliphatic carbocycles. The molecular weight excluding hydrogens is 756 g/mol. The highest BCUT2D eigenvalue weighted by molar-refractivity contribution is 5.83. The summed E-state index contributed by atoms with van der Waals surface area (Å²) in [6.07, 6.45) is 5.95. The fourth-order valence-corrected chi connectivity index (χ4v) is 8.08. The van der Waals surface area contributed by atoms with E-state index in [2.05, 4.69) is 13.5 Å². The van der Waals surface area contributed by atoms with Gasteiger partial charge in [-0.05, 0) is 43.8 Å². The Morgan fingerprint density at radius 2 is 1.66 bits per heavy atom. The lowest BCUT2D eigenvalue weighted by atomic mass is 9.74. The zero-order chi connectivity index (χ0) is 42.3. The standard InChI is InChI=1S/C43H66O15/c1-6-8-9-10-11-15-36(46)57-41-28(20-37(47)51-5)19-34-25-35(27-44)54-39(49)22-29(45)21-30-13-12-14-31(53-30)23-32-24-33(26-38(48)52-18-7-2)56-40(55-32)16-17-42(3,4)43(41,50)58-34/h7,16-17,20,29-35,40-41,44-45,50H,2,6,8-15,18-19,21-27H2,1,3-5H3/b17-16+,28-20-/t29-,30+,31-,32?,33-,34+,35?,40-,41+,43-/m1/s1. The first-order chi connectivity index (χ1) is 27.7. The second-order valence-corrected chi connectivity index (χ2v) is 16.5. The van der Waals surface area contributed by atoms with Crippen LogP contribution in [0.25, 0.3) is 0 Å². The minimum absolute atomic E-state index is 0.0449. The first-order valence-electron chi connectivity index (χ1n) is 21.0. The smallest absolute Gasteiger partial charge is 0.330 e. The van der Waals surface area contributed by atoms with Crippen LogP contribution in [-0.4, -0.2) is 120 Å². The van der Waals surface area contributed by atoms with E-state index in [9.17, 15) is 34.5 Å². The average molecular weight is 823 g/mol. The number of hydrogen-bond acceptors (Lipinski definition) is 15. The largest absolute Gasteiger partial charge is 0.466 e. The Balaban J connectivity index is 1.74. The van der Waals surface area contributed by atoms with Crippen molar-refractivity contribution in [3.05, 3.63) is 36.5 Å². The molecule has 0 aromatic rings. The molecule has 0 aromatic heterocycles. The molecule has 4 heterocycles. The maximum Gasteiger partial charge on any atom is 0.330 e. The van der Waals surface area contributed by atoms with Gasteiger partial charge in [0.15, 0.2) is 12.4 Å². The number of unbranched alkanes of at least 4 members (excludes halogenated alkanes) is 4. The Morgan fingerprint density at radius 1 is 0.931 bits per heavy atom. The molecule has 0 radical (unpaired) electrons. The van der Waals surface area contributed by atoms with Crippen LogP contribution in [0.4, 0.5) is 0 Å². The Bertz CT molecular complexity index is 1430. The van der Waals surface area contributed by atoms with Crippen LogP contribution in [0.5, 0.6) is 0 Å². The van der Waals surface area contributed by atoms with E-state index in [4.69, 9.17) is 37.9 Å². The minimum atomic E-state index is -2.35. The van der Waals surface area contributed by atoms with Gasteiger partial charge in [0, 0.05) is 43.6 Å². The predicted molar refractivity (Wildman–Crippen MR) is 209 cm³/mol. The number of cyclic esters (lactones) is 1. The first-order valence-corrected chi connectivity index (χ1v) is 21.0. The lowest BCUT2D eigenvalue weighted by Crippen LogP contribution is -2.62. The molecule has 15 nitrogen and oxygen atoms in total. The van der Waals surface area contributed by atoms with E-state index in [1.54, 1.807) is 26.0 Å². The van der Waals surface area contributed by atoms with E-state index in [1.165, 1.54) is 13.2 Å². The SMILES string of the molecule is C=CCOC(=O)C[C@H]1CC2C[C@H]3CCC[C@@H](C[C@@H](O)CC(=O)OC(CO)C[C@@H]4C/C(=C/C(=O)OC)[C@H](OC(=O)CCCCCCC)[C@@](O)(O4)C(C)(C)/C=C/[C@H](O2)O1)O3. The second-order valence-electron chi connectivity index (χ2n) is 16.5. The number of esters is 4. The number of aliphatic hydroxyl groups excluding tert-OH is 2. The Morgan fingerprint density at radius 3 is 2.36 bits per heavy atom. The van der Waals surface area contributed by atoms with Gasteiger partial charge in [-0.15, -0.1) is 0 Å². The van der Waals surface area contributed by atoms with Crippen molar-refractivity contribution in [3.8, 4) is 0 Å². The Kier molecular flexibility index (Phi) is 18.8. The molecule has 4 rings (SSSR count). The van der Waals surface area contributed by atoms with Crippen molar-refractivity contribution in [2.75, 3.05) is 20.3 Å². The quantitative estimate of drug-likeness (QED) is 0.0750. The van der Waals surface area contributed by atoms with Crippen LogP contribution in [0.3, 0.4) is 0 Å². The number of rotatable bonds is 13. The molecule has 0 saturated carbocycles. The van der Waals surface area contributed by atoms with Crippen LogP contribution in [0, 0.1) is 5.41 Å². The highest BCUT2D eigenvalue weighted by atomic mass is 16.7. The van der Waals surface area contributed by atoms with Gasteiger partial charge in [-0.1, -0.05) is 65.2 Å². The molecule has 0 spiro atoms. The van der Waals surface area contributed by atoms with E-state index in [1.807, 2.05) is 0 Å². The van der Waals surface area contributed by atoms with Crippen LogP contribution in [0.1, 0.15) is 124 Å². The summed E-state index contributed by atoms with van der Waals surface area (Å²) in [6, 6.07) is 0. The molecule has 0 amide bonds. The van der Waals surface area contributed by atoms with Gasteiger partial charge < -0.3 is 53.2 Å². The number of hydrogen-bond donors (Lipinski definition) is 3. The number of fused-ring (bicyclic) bond motifs is 6. The summed E-state index contributed by atoms with van der Waals surface area (Å²) in [7, 11) is 1.20. The third-order valence-electron chi connectivity index (χ3n) is 11.2. The van der Waals surface area contributed by atoms with Gasteiger partial charge in [0.25, 0.3) is 0 Å². The van der Waals surface area contributed by atoms with E-state index in [0.717, 1.165) is 44.6 Å². The third-order valence-corrected chi connectivity index (χ3v) is 11.2. The van der Waals surface area contributed by atoms with Gasteiger partial charge in [-0.2, -0.15) is 0 Å². The summed E-state index contributed by atoms with van der Waals surface area (Å²) in [6.45, 7) is 8.47. The zero-order valence-corrected chi connectivity index (χ0v) is 34.7. The maximum absolute atomic E-state index is 13.4. The lowest BCUT2D eigenvalue weighted by molar-refractivity contribution is -0.327. The van der Waals surface area contributed by atoms with E-state index in [0.29, 0.717) is 25.7 Å². The molecule has 0 aromatic carbocycles. The summed E-state index contributed by atoms with van der Waals surface area (Å²) in [5.41, 5.74) is -1.22. The average Bonchev–Trinajstić information content (AvgIpc) is 3.16. The van der Waals surface area contributed by atoms with Crippen LogP contribution in [0.2, 0.25) is 0 Å². The van der Waals surface area contributed by atoms with Crippen molar-refractivity contribution >= 4 is 23.9 Å². The summed E-state index contributed by atoms with van der Waals surface area (Å²) in [4.78, 5) is 52.0. The van der Waals surface area contributed by atoms with E-state index < -0.39 is 84.6 Å². The van der Waals surface area contributed by atoms with Gasteiger partial charge in [-0.25, -0.2) is 4.79 Å². The zero-order valence-electron chi connectivity index (χ0n) is 34.7. The van der Waals surface area contributed by atoms with Crippen LogP contribution < -0.4 is 0 Å². The van der Waals surface area contributed by atoms with Crippen molar-refractivity contribution in [3.63, 3.8) is 0 Å². The Labute approximate surface area is 342 Å². The molecule has 2 unspecified atom stereocenters. The molecule has 328 valence electrons. The molecule has 3 fully saturated rings. The minimum Gasteiger partial charge on any atom is -0.466 e. The summed E-state index contributed by atoms with van der Waals surface area (Å²) in [5, 5.41) is 34.0. The van der Waals surface area contributed by atoms with Gasteiger partial charge in [0.05, 0.1) is 63.2 Å². The summed E-state index contributed by atoms with van der Waals surface area (Å²) < 4.78 is 47.3. The first kappa shape index (κ1) is 47.5. The number of ether oxygens (including phenoxy) is 8. The molecule has 3 N–H and O–H groups in total. The third kappa shape index (κ3) is 14.2. The van der Waals surface area contributed by atoms with E-state index in [-0.39, 0.29) is 62.9 Å². The Hall–Kier alpha value is -3.18. The van der Waals surface area contributed by atoms with Crippen LogP contribution >= 0.6 is 0 Å². The summed E-state index contributed by atoms with van der Waals surface area (Å²) >= 11 is 0. The molecule has 3 saturated heterocycles. The topological polar surface area (TPSA) is 203 Å². The highest BCUT2D eigenvalue weighted by Crippen LogP contribution is 2.47. The maximum atomic E-state index is 13.4. The molecule has 15 heteroatoms. The van der Waals surface area contributed by atoms with Gasteiger partial charge in [0.2, 0.25) is 5.79 Å². The number of carbonyl (C=O) groups excluding carboxylic acids is 4. The van der Waals surface area contributed by atoms with Crippen molar-refractivity contribution in [2.24, 2.45) is 5.41 Å². The summed E-state index contributed by atoms with van der Waals surface area (Å²) in [5.74, 6) is -4.90. The molecule has 4 aliphatic heterocycles. The highest BCUT2D eigenvalue weighted by Gasteiger charge is 2.57. The van der Waals surface area contributed by atoms with Crippen LogP contribution in [-0.2, 0) is 57.1 Å². The monoisotopic (exact) mass is 822 g/mol. The molecule has 58 heavy (non-hydrogen) atoms. The molecule has 10 atom stereocenters. The molecular formula is C43H66O15. The van der Waals surface area contributed by atoms with Crippen LogP contribution in [0.15, 0.2) is 36.5 Å². The van der Waals surface area contributed by atoms with Gasteiger partial charge in [0.1, 0.15) is 12.7 Å². The lowest BCUT2D eigenvalue weighted by Gasteiger charge is -2.51. The fraction of sp³-hybridized carbons (Fsp3) is 0.767. The molecule has 6 bridgehead atoms.